The lowest BCUT2D eigenvalue weighted by molar-refractivity contribution is 0.101. The minimum atomic E-state index is -0.445. The lowest BCUT2D eigenvalue weighted by Gasteiger charge is -2.06. The standard InChI is InChI=1S/C18H13FN4O2/c1-22-14(17(24)20-12-6-4-5-11(19)9-12)10-13-16(22)21-15-7-2-3-8-23(15)18(13)25/h2-10H,1H3,(H,20,24). The Balaban J connectivity index is 1.84. The Morgan fingerprint density at radius 1 is 1.16 bits per heavy atom. The van der Waals surface area contributed by atoms with E-state index in [1.54, 1.807) is 42.1 Å². The lowest BCUT2D eigenvalue weighted by atomic mass is 10.3. The highest BCUT2D eigenvalue weighted by atomic mass is 19.1. The van der Waals surface area contributed by atoms with Crippen LogP contribution in [0.3, 0.4) is 0 Å². The van der Waals surface area contributed by atoms with Crippen LogP contribution < -0.4 is 10.9 Å². The molecule has 4 aromatic rings. The number of carbonyl (C=O) groups is 1. The molecule has 3 aromatic heterocycles. The van der Waals surface area contributed by atoms with E-state index >= 15 is 0 Å². The van der Waals surface area contributed by atoms with Gasteiger partial charge in [-0.25, -0.2) is 9.37 Å². The predicted molar refractivity (Wildman–Crippen MR) is 92.3 cm³/mol. The third-order valence-electron chi connectivity index (χ3n) is 4.02. The van der Waals surface area contributed by atoms with Crippen molar-refractivity contribution in [3.63, 3.8) is 0 Å². The van der Waals surface area contributed by atoms with Gasteiger partial charge >= 0.3 is 0 Å². The molecule has 1 aromatic carbocycles. The van der Waals surface area contributed by atoms with E-state index in [1.807, 2.05) is 0 Å². The van der Waals surface area contributed by atoms with Crippen molar-refractivity contribution in [3.05, 3.63) is 76.6 Å². The fraction of sp³-hybridized carbons (Fsp3) is 0.0556. The fourth-order valence-corrected chi connectivity index (χ4v) is 2.80. The van der Waals surface area contributed by atoms with E-state index in [4.69, 9.17) is 0 Å². The zero-order valence-electron chi connectivity index (χ0n) is 13.2. The number of carbonyl (C=O) groups excluding carboxylic acids is 1. The van der Waals surface area contributed by atoms with Crippen LogP contribution in [-0.2, 0) is 7.05 Å². The summed E-state index contributed by atoms with van der Waals surface area (Å²) in [6.45, 7) is 0. The number of anilines is 1. The Kier molecular flexibility index (Phi) is 3.35. The number of rotatable bonds is 2. The average molecular weight is 336 g/mol. The first-order valence-electron chi connectivity index (χ1n) is 7.58. The van der Waals surface area contributed by atoms with Gasteiger partial charge in [-0.3, -0.25) is 14.0 Å². The minimum absolute atomic E-state index is 0.249. The van der Waals surface area contributed by atoms with Crippen LogP contribution in [0.2, 0.25) is 0 Å². The first kappa shape index (κ1) is 15.1. The van der Waals surface area contributed by atoms with Gasteiger partial charge in [-0.05, 0) is 36.4 Å². The van der Waals surface area contributed by atoms with Crippen LogP contribution in [0.4, 0.5) is 10.1 Å². The van der Waals surface area contributed by atoms with Crippen molar-refractivity contribution in [2.24, 2.45) is 7.05 Å². The summed E-state index contributed by atoms with van der Waals surface area (Å²) >= 11 is 0. The molecular formula is C18H13FN4O2. The molecule has 0 aliphatic rings. The minimum Gasteiger partial charge on any atom is -0.324 e. The van der Waals surface area contributed by atoms with Crippen molar-refractivity contribution in [2.75, 3.05) is 5.32 Å². The van der Waals surface area contributed by atoms with E-state index in [-0.39, 0.29) is 11.3 Å². The van der Waals surface area contributed by atoms with Gasteiger partial charge in [0.1, 0.15) is 22.8 Å². The summed E-state index contributed by atoms with van der Waals surface area (Å²) < 4.78 is 16.3. The third kappa shape index (κ3) is 2.46. The molecule has 1 amide bonds. The Labute approximate surface area is 141 Å². The summed E-state index contributed by atoms with van der Waals surface area (Å²) in [6.07, 6.45) is 1.63. The summed E-state index contributed by atoms with van der Waals surface area (Å²) in [4.78, 5) is 29.6. The van der Waals surface area contributed by atoms with Gasteiger partial charge in [-0.2, -0.15) is 0 Å². The van der Waals surface area contributed by atoms with Crippen molar-refractivity contribution in [1.29, 1.82) is 0 Å². The number of hydrogen-bond donors (Lipinski definition) is 1. The van der Waals surface area contributed by atoms with Crippen molar-refractivity contribution >= 4 is 28.3 Å². The largest absolute Gasteiger partial charge is 0.324 e. The van der Waals surface area contributed by atoms with Gasteiger partial charge in [0.2, 0.25) is 0 Å². The van der Waals surface area contributed by atoms with Crippen LogP contribution in [0.25, 0.3) is 16.7 Å². The summed E-state index contributed by atoms with van der Waals surface area (Å²) in [5.41, 5.74) is 1.27. The first-order valence-corrected chi connectivity index (χ1v) is 7.58. The monoisotopic (exact) mass is 336 g/mol. The molecule has 0 spiro atoms. The number of aromatic nitrogens is 3. The number of aryl methyl sites for hydroxylation is 1. The Morgan fingerprint density at radius 3 is 2.80 bits per heavy atom. The molecule has 0 aliphatic carbocycles. The number of benzene rings is 1. The normalized spacial score (nSPS) is 11.1. The number of pyridine rings is 1. The second kappa shape index (κ2) is 5.55. The molecule has 4 rings (SSSR count). The molecule has 0 saturated heterocycles. The van der Waals surface area contributed by atoms with Gasteiger partial charge in [0, 0.05) is 18.9 Å². The molecule has 25 heavy (non-hydrogen) atoms. The predicted octanol–water partition coefficient (Wildman–Crippen LogP) is 2.58. The van der Waals surface area contributed by atoms with Gasteiger partial charge in [-0.1, -0.05) is 12.1 Å². The third-order valence-corrected chi connectivity index (χ3v) is 4.02. The Hall–Kier alpha value is -3.48. The lowest BCUT2D eigenvalue weighted by Crippen LogP contribution is -2.16. The highest BCUT2D eigenvalue weighted by Crippen LogP contribution is 2.17. The molecule has 3 heterocycles. The van der Waals surface area contributed by atoms with E-state index in [1.165, 1.54) is 28.7 Å². The number of nitrogens with zero attached hydrogens (tertiary/aromatic N) is 3. The van der Waals surface area contributed by atoms with Crippen molar-refractivity contribution in [2.45, 2.75) is 0 Å². The van der Waals surface area contributed by atoms with Gasteiger partial charge in [0.05, 0.1) is 5.39 Å². The number of nitrogens with one attached hydrogen (secondary N) is 1. The molecule has 0 bridgehead atoms. The molecule has 0 radical (unpaired) electrons. The van der Waals surface area contributed by atoms with Gasteiger partial charge < -0.3 is 9.88 Å². The summed E-state index contributed by atoms with van der Waals surface area (Å²) in [6, 6.07) is 12.4. The molecular weight excluding hydrogens is 323 g/mol. The SMILES string of the molecule is Cn1c(C(=O)Nc2cccc(F)c2)cc2c(=O)n3ccccc3nc21. The van der Waals surface area contributed by atoms with E-state index in [9.17, 15) is 14.0 Å². The Morgan fingerprint density at radius 2 is 2.00 bits per heavy atom. The molecule has 1 N–H and O–H groups in total. The number of fused-ring (bicyclic) bond motifs is 2. The molecule has 6 nitrogen and oxygen atoms in total. The van der Waals surface area contributed by atoms with Crippen molar-refractivity contribution < 1.29 is 9.18 Å². The molecule has 7 heteroatoms. The number of amides is 1. The van der Waals surface area contributed by atoms with E-state index in [2.05, 4.69) is 10.3 Å². The second-order valence-corrected chi connectivity index (χ2v) is 5.64. The van der Waals surface area contributed by atoms with E-state index in [0.29, 0.717) is 22.4 Å². The fourth-order valence-electron chi connectivity index (χ4n) is 2.80. The van der Waals surface area contributed by atoms with E-state index in [0.717, 1.165) is 0 Å². The highest BCUT2D eigenvalue weighted by Gasteiger charge is 2.17. The molecule has 0 atom stereocenters. The summed E-state index contributed by atoms with van der Waals surface area (Å²) in [5, 5.41) is 2.97. The average Bonchev–Trinajstić information content (AvgIpc) is 2.93. The van der Waals surface area contributed by atoms with Crippen LogP contribution in [0.5, 0.6) is 0 Å². The highest BCUT2D eigenvalue weighted by molar-refractivity contribution is 6.06. The maximum Gasteiger partial charge on any atom is 0.272 e. The molecule has 0 saturated carbocycles. The van der Waals surface area contributed by atoms with Crippen LogP contribution in [0.15, 0.2) is 59.5 Å². The van der Waals surface area contributed by atoms with Gasteiger partial charge in [-0.15, -0.1) is 0 Å². The zero-order valence-corrected chi connectivity index (χ0v) is 13.2. The van der Waals surface area contributed by atoms with Crippen LogP contribution >= 0.6 is 0 Å². The van der Waals surface area contributed by atoms with Crippen LogP contribution in [-0.4, -0.2) is 19.9 Å². The quantitative estimate of drug-likeness (QED) is 0.612. The summed E-state index contributed by atoms with van der Waals surface area (Å²) in [7, 11) is 1.66. The van der Waals surface area contributed by atoms with Gasteiger partial charge in [0.15, 0.2) is 0 Å². The van der Waals surface area contributed by atoms with E-state index < -0.39 is 11.7 Å². The molecule has 124 valence electrons. The Bertz CT molecular complexity index is 1190. The number of hydrogen-bond acceptors (Lipinski definition) is 3. The maximum absolute atomic E-state index is 13.3. The maximum atomic E-state index is 13.3. The second-order valence-electron chi connectivity index (χ2n) is 5.64. The van der Waals surface area contributed by atoms with Crippen LogP contribution in [0, 0.1) is 5.82 Å². The smallest absolute Gasteiger partial charge is 0.272 e. The van der Waals surface area contributed by atoms with Gasteiger partial charge in [0.25, 0.3) is 11.5 Å². The number of halogens is 1. The zero-order chi connectivity index (χ0) is 17.6. The first-order chi connectivity index (χ1) is 12.0. The van der Waals surface area contributed by atoms with Crippen molar-refractivity contribution in [3.8, 4) is 0 Å². The summed E-state index contributed by atoms with van der Waals surface area (Å²) in [5.74, 6) is -0.888. The molecule has 0 unspecified atom stereocenters. The molecule has 0 aliphatic heterocycles. The molecule has 0 fully saturated rings. The van der Waals surface area contributed by atoms with Crippen LogP contribution in [0.1, 0.15) is 10.5 Å². The van der Waals surface area contributed by atoms with Crippen molar-refractivity contribution in [1.82, 2.24) is 14.0 Å². The topological polar surface area (TPSA) is 68.4 Å².